The highest BCUT2D eigenvalue weighted by Gasteiger charge is 2.55. The number of hydrogen-bond donors (Lipinski definition) is 1. The number of hydrogen-bond acceptors (Lipinski definition) is 2. The van der Waals surface area contributed by atoms with Gasteiger partial charge in [0.15, 0.2) is 0 Å². The monoisotopic (exact) mass is 287 g/mol. The molecule has 0 radical (unpaired) electrons. The van der Waals surface area contributed by atoms with Crippen molar-refractivity contribution in [2.24, 2.45) is 5.41 Å². The molecule has 0 aromatic heterocycles. The molecule has 2 aliphatic carbocycles. The van der Waals surface area contributed by atoms with Crippen LogP contribution in [0.15, 0.2) is 24.3 Å². The summed E-state index contributed by atoms with van der Waals surface area (Å²) in [6.45, 7) is 7.17. The molecule has 1 aromatic carbocycles. The van der Waals surface area contributed by atoms with Gasteiger partial charge in [0, 0.05) is 12.0 Å². The summed E-state index contributed by atoms with van der Waals surface area (Å²) < 4.78 is 5.58. The van der Waals surface area contributed by atoms with Crippen LogP contribution in [-0.2, 0) is 5.41 Å². The normalized spacial score (nSPS) is 22.2. The average Bonchev–Trinajstić information content (AvgIpc) is 2.94. The van der Waals surface area contributed by atoms with Crippen molar-refractivity contribution < 1.29 is 4.74 Å². The van der Waals surface area contributed by atoms with Crippen LogP contribution < -0.4 is 10.1 Å². The van der Waals surface area contributed by atoms with Gasteiger partial charge in [-0.05, 0) is 62.3 Å². The number of nitrogens with one attached hydrogen (secondary N) is 1. The lowest BCUT2D eigenvalue weighted by Gasteiger charge is -2.56. The second-order valence-corrected chi connectivity index (χ2v) is 7.08. The van der Waals surface area contributed by atoms with Gasteiger partial charge in [-0.1, -0.05) is 31.9 Å². The van der Waals surface area contributed by atoms with Gasteiger partial charge in [0.1, 0.15) is 5.75 Å². The van der Waals surface area contributed by atoms with E-state index in [0.29, 0.717) is 10.8 Å². The molecule has 0 aliphatic heterocycles. The largest absolute Gasteiger partial charge is 0.494 e. The minimum absolute atomic E-state index is 0.366. The average molecular weight is 287 g/mol. The van der Waals surface area contributed by atoms with Crippen molar-refractivity contribution in [3.8, 4) is 5.75 Å². The van der Waals surface area contributed by atoms with Gasteiger partial charge >= 0.3 is 0 Å². The van der Waals surface area contributed by atoms with Crippen LogP contribution in [-0.4, -0.2) is 19.7 Å². The molecule has 3 rings (SSSR count). The predicted octanol–water partition coefficient (Wildman–Crippen LogP) is 4.29. The first-order valence-corrected chi connectivity index (χ1v) is 8.66. The first-order chi connectivity index (χ1) is 10.2. The summed E-state index contributed by atoms with van der Waals surface area (Å²) in [6.07, 6.45) is 8.55. The van der Waals surface area contributed by atoms with Gasteiger partial charge in [-0.3, -0.25) is 0 Å². The minimum atomic E-state index is 0.366. The van der Waals surface area contributed by atoms with Gasteiger partial charge in [-0.25, -0.2) is 0 Å². The molecule has 2 nitrogen and oxygen atoms in total. The molecule has 0 heterocycles. The fraction of sp³-hybridized carbons (Fsp3) is 0.684. The lowest BCUT2D eigenvalue weighted by atomic mass is 9.49. The summed E-state index contributed by atoms with van der Waals surface area (Å²) in [4.78, 5) is 0. The van der Waals surface area contributed by atoms with Gasteiger partial charge in [0.25, 0.3) is 0 Å². The van der Waals surface area contributed by atoms with Crippen molar-refractivity contribution in [3.05, 3.63) is 29.8 Å². The van der Waals surface area contributed by atoms with Crippen molar-refractivity contribution in [1.82, 2.24) is 5.32 Å². The highest BCUT2D eigenvalue weighted by molar-refractivity contribution is 5.36. The van der Waals surface area contributed by atoms with E-state index in [-0.39, 0.29) is 0 Å². The molecule has 0 amide bonds. The lowest BCUT2D eigenvalue weighted by molar-refractivity contribution is 0.0273. The quantitative estimate of drug-likeness (QED) is 0.843. The molecule has 2 aliphatic rings. The Morgan fingerprint density at radius 3 is 2.29 bits per heavy atom. The zero-order valence-electron chi connectivity index (χ0n) is 13.6. The molecule has 116 valence electrons. The third kappa shape index (κ3) is 2.83. The lowest BCUT2D eigenvalue weighted by Crippen LogP contribution is -2.53. The molecule has 21 heavy (non-hydrogen) atoms. The van der Waals surface area contributed by atoms with E-state index < -0.39 is 0 Å². The Bertz CT molecular complexity index is 451. The minimum Gasteiger partial charge on any atom is -0.494 e. The van der Waals surface area contributed by atoms with Crippen LogP contribution in [0.5, 0.6) is 5.75 Å². The summed E-state index contributed by atoms with van der Waals surface area (Å²) in [7, 11) is 0. The van der Waals surface area contributed by atoms with Crippen molar-refractivity contribution in [2.45, 2.75) is 57.8 Å². The van der Waals surface area contributed by atoms with Gasteiger partial charge < -0.3 is 10.1 Å². The number of rotatable bonds is 6. The van der Waals surface area contributed by atoms with Gasteiger partial charge in [-0.15, -0.1) is 0 Å². The maximum absolute atomic E-state index is 5.58. The predicted molar refractivity (Wildman–Crippen MR) is 88.0 cm³/mol. The van der Waals surface area contributed by atoms with Crippen molar-refractivity contribution in [2.75, 3.05) is 19.7 Å². The van der Waals surface area contributed by atoms with Crippen LogP contribution in [0, 0.1) is 5.41 Å². The fourth-order valence-electron chi connectivity index (χ4n) is 4.73. The van der Waals surface area contributed by atoms with Crippen LogP contribution >= 0.6 is 0 Å². The van der Waals surface area contributed by atoms with E-state index in [1.54, 1.807) is 0 Å². The third-order valence-electron chi connectivity index (χ3n) is 5.58. The number of ether oxygens (including phenoxy) is 1. The maximum Gasteiger partial charge on any atom is 0.119 e. The van der Waals surface area contributed by atoms with Gasteiger partial charge in [0.05, 0.1) is 6.61 Å². The summed E-state index contributed by atoms with van der Waals surface area (Å²) >= 11 is 0. The molecule has 0 unspecified atom stereocenters. The van der Waals surface area contributed by atoms with E-state index in [2.05, 4.69) is 36.5 Å². The van der Waals surface area contributed by atoms with Gasteiger partial charge in [0.2, 0.25) is 0 Å². The molecular weight excluding hydrogens is 258 g/mol. The number of likely N-dealkylation sites (N-methyl/N-ethyl adjacent to an activating group) is 1. The highest BCUT2D eigenvalue weighted by atomic mass is 16.5. The second kappa shape index (κ2) is 6.00. The second-order valence-electron chi connectivity index (χ2n) is 7.08. The molecular formula is C19H29NO. The maximum atomic E-state index is 5.58. The molecule has 0 bridgehead atoms. The zero-order valence-corrected chi connectivity index (χ0v) is 13.6. The summed E-state index contributed by atoms with van der Waals surface area (Å²) in [6, 6.07) is 8.88. The van der Waals surface area contributed by atoms with E-state index in [1.165, 1.54) is 44.1 Å². The Hall–Kier alpha value is -1.02. The Morgan fingerprint density at radius 1 is 1.05 bits per heavy atom. The molecule has 1 N–H and O–H groups in total. The Morgan fingerprint density at radius 2 is 1.71 bits per heavy atom. The topological polar surface area (TPSA) is 21.3 Å². The SMILES string of the molecule is CCNCC1(c2ccc(OCC)cc2)CC2(CCCC2)C1. The van der Waals surface area contributed by atoms with E-state index >= 15 is 0 Å². The zero-order chi connectivity index (χ0) is 14.8. The fourth-order valence-corrected chi connectivity index (χ4v) is 4.73. The molecule has 1 spiro atoms. The Kier molecular flexibility index (Phi) is 4.26. The Labute approximate surface area is 129 Å². The van der Waals surface area contributed by atoms with Crippen molar-refractivity contribution in [3.63, 3.8) is 0 Å². The van der Waals surface area contributed by atoms with Crippen LogP contribution in [0.1, 0.15) is 57.9 Å². The van der Waals surface area contributed by atoms with Crippen LogP contribution in [0.2, 0.25) is 0 Å². The van der Waals surface area contributed by atoms with E-state index in [0.717, 1.165) is 25.4 Å². The van der Waals surface area contributed by atoms with Crippen molar-refractivity contribution in [1.29, 1.82) is 0 Å². The summed E-state index contributed by atoms with van der Waals surface area (Å²) in [5, 5.41) is 3.60. The Balaban J connectivity index is 1.76. The highest BCUT2D eigenvalue weighted by Crippen LogP contribution is 2.62. The van der Waals surface area contributed by atoms with Crippen LogP contribution in [0.25, 0.3) is 0 Å². The van der Waals surface area contributed by atoms with E-state index in [9.17, 15) is 0 Å². The molecule has 0 atom stereocenters. The summed E-state index contributed by atoms with van der Waals surface area (Å²) in [5.74, 6) is 0.995. The summed E-state index contributed by atoms with van der Waals surface area (Å²) in [5.41, 5.74) is 2.54. The molecule has 2 fully saturated rings. The molecule has 1 aromatic rings. The standard InChI is InChI=1S/C19H29NO/c1-3-20-15-19(13-18(14-19)11-5-6-12-18)16-7-9-17(10-8-16)21-4-2/h7-10,20H,3-6,11-15H2,1-2H3. The molecule has 2 heteroatoms. The van der Waals surface area contributed by atoms with Crippen molar-refractivity contribution >= 4 is 0 Å². The van der Waals surface area contributed by atoms with Crippen LogP contribution in [0.4, 0.5) is 0 Å². The molecule has 0 saturated heterocycles. The first-order valence-electron chi connectivity index (χ1n) is 8.66. The number of benzene rings is 1. The van der Waals surface area contributed by atoms with Gasteiger partial charge in [-0.2, -0.15) is 0 Å². The third-order valence-corrected chi connectivity index (χ3v) is 5.58. The van der Waals surface area contributed by atoms with E-state index in [1.807, 2.05) is 6.92 Å². The smallest absolute Gasteiger partial charge is 0.119 e. The first kappa shape index (κ1) is 14.9. The van der Waals surface area contributed by atoms with E-state index in [4.69, 9.17) is 4.74 Å². The van der Waals surface area contributed by atoms with Crippen LogP contribution in [0.3, 0.4) is 0 Å². The molecule has 2 saturated carbocycles.